The van der Waals surface area contributed by atoms with Crippen molar-refractivity contribution in [3.63, 3.8) is 0 Å². The number of carbonyl (C=O) groups is 1. The number of aromatic hydroxyl groups is 1. The van der Waals surface area contributed by atoms with Crippen LogP contribution in [-0.4, -0.2) is 20.8 Å². The second-order valence-electron chi connectivity index (χ2n) is 5.02. The Morgan fingerprint density at radius 2 is 2.08 bits per heavy atom. The molecule has 0 bridgehead atoms. The van der Waals surface area contributed by atoms with Crippen molar-refractivity contribution in [3.8, 4) is 5.75 Å². The highest BCUT2D eigenvalue weighted by molar-refractivity contribution is 9.10. The average Bonchev–Trinajstić information content (AvgIpc) is 2.78. The number of aromatic nitrogens is 2. The van der Waals surface area contributed by atoms with E-state index >= 15 is 0 Å². The summed E-state index contributed by atoms with van der Waals surface area (Å²) < 4.78 is 39.4. The first kappa shape index (κ1) is 18.6. The molecular formula is C14H12BrClF3N3O2. The highest BCUT2D eigenvalue weighted by Gasteiger charge is 2.39. The van der Waals surface area contributed by atoms with Crippen LogP contribution in [0.15, 0.2) is 22.7 Å². The van der Waals surface area contributed by atoms with Crippen molar-refractivity contribution in [2.75, 3.05) is 5.32 Å². The van der Waals surface area contributed by atoms with Crippen LogP contribution in [0.1, 0.15) is 24.4 Å². The molecule has 1 aromatic heterocycles. The molecule has 0 aliphatic heterocycles. The number of rotatable bonds is 3. The molecule has 1 unspecified atom stereocenters. The summed E-state index contributed by atoms with van der Waals surface area (Å²) in [7, 11) is 0. The van der Waals surface area contributed by atoms with Crippen LogP contribution in [0.3, 0.4) is 0 Å². The van der Waals surface area contributed by atoms with Crippen LogP contribution in [0.5, 0.6) is 5.75 Å². The molecule has 130 valence electrons. The standard InChI is InChI=1S/C14H12BrClF3N3O2/c1-6-11(15)12(14(17,18)19)21-22(6)7(2)13(24)20-9-5-8(16)3-4-10(9)23/h3-5,7,23H,1-2H3,(H,20,24). The molecule has 0 spiro atoms. The molecule has 5 nitrogen and oxygen atoms in total. The van der Waals surface area contributed by atoms with Crippen molar-refractivity contribution < 1.29 is 23.1 Å². The number of halogens is 5. The molecule has 0 saturated heterocycles. The van der Waals surface area contributed by atoms with E-state index in [-0.39, 0.29) is 26.6 Å². The van der Waals surface area contributed by atoms with Crippen molar-refractivity contribution in [1.82, 2.24) is 9.78 Å². The van der Waals surface area contributed by atoms with E-state index in [1.807, 2.05) is 0 Å². The van der Waals surface area contributed by atoms with E-state index in [0.717, 1.165) is 4.68 Å². The van der Waals surface area contributed by atoms with E-state index in [1.165, 1.54) is 32.0 Å². The predicted octanol–water partition coefficient (Wildman–Crippen LogP) is 4.53. The molecule has 1 aromatic carbocycles. The lowest BCUT2D eigenvalue weighted by atomic mass is 10.2. The van der Waals surface area contributed by atoms with E-state index in [0.29, 0.717) is 0 Å². The maximum Gasteiger partial charge on any atom is 0.436 e. The van der Waals surface area contributed by atoms with Crippen LogP contribution in [0.4, 0.5) is 18.9 Å². The fraction of sp³-hybridized carbons (Fsp3) is 0.286. The number of benzene rings is 1. The van der Waals surface area contributed by atoms with Gasteiger partial charge in [0.2, 0.25) is 5.91 Å². The number of carbonyl (C=O) groups excluding carboxylic acids is 1. The van der Waals surface area contributed by atoms with Crippen LogP contribution < -0.4 is 5.32 Å². The highest BCUT2D eigenvalue weighted by atomic mass is 79.9. The van der Waals surface area contributed by atoms with Gasteiger partial charge in [-0.3, -0.25) is 9.48 Å². The summed E-state index contributed by atoms with van der Waals surface area (Å²) in [6.07, 6.45) is -4.64. The SMILES string of the molecule is Cc1c(Br)c(C(F)(F)F)nn1C(C)C(=O)Nc1cc(Cl)ccc1O. The number of amides is 1. The zero-order valence-electron chi connectivity index (χ0n) is 12.4. The minimum Gasteiger partial charge on any atom is -0.506 e. The van der Waals surface area contributed by atoms with Gasteiger partial charge >= 0.3 is 6.18 Å². The van der Waals surface area contributed by atoms with Crippen LogP contribution in [-0.2, 0) is 11.0 Å². The van der Waals surface area contributed by atoms with Crippen molar-refractivity contribution in [2.45, 2.75) is 26.1 Å². The quantitative estimate of drug-likeness (QED) is 0.709. The normalized spacial score (nSPS) is 13.0. The molecule has 24 heavy (non-hydrogen) atoms. The summed E-state index contributed by atoms with van der Waals surface area (Å²) in [4.78, 5) is 12.3. The van der Waals surface area contributed by atoms with Gasteiger partial charge in [-0.25, -0.2) is 0 Å². The van der Waals surface area contributed by atoms with Gasteiger partial charge in [-0.1, -0.05) is 11.6 Å². The van der Waals surface area contributed by atoms with Crippen molar-refractivity contribution in [1.29, 1.82) is 0 Å². The molecule has 2 aromatic rings. The molecule has 2 N–H and O–H groups in total. The second-order valence-corrected chi connectivity index (χ2v) is 6.25. The lowest BCUT2D eigenvalue weighted by Crippen LogP contribution is -2.25. The lowest BCUT2D eigenvalue weighted by molar-refractivity contribution is -0.142. The lowest BCUT2D eigenvalue weighted by Gasteiger charge is -2.15. The van der Waals surface area contributed by atoms with Gasteiger partial charge in [0.15, 0.2) is 5.69 Å². The number of hydrogen-bond donors (Lipinski definition) is 2. The number of alkyl halides is 3. The molecule has 0 saturated carbocycles. The Labute approximate surface area is 148 Å². The third-order valence-electron chi connectivity index (χ3n) is 3.31. The first-order chi connectivity index (χ1) is 11.0. The van der Waals surface area contributed by atoms with Gasteiger partial charge in [0.05, 0.1) is 15.9 Å². The molecular weight excluding hydrogens is 415 g/mol. The van der Waals surface area contributed by atoms with E-state index in [2.05, 4.69) is 26.3 Å². The molecule has 0 aliphatic carbocycles. The summed E-state index contributed by atoms with van der Waals surface area (Å²) in [5, 5.41) is 15.9. The van der Waals surface area contributed by atoms with Crippen molar-refractivity contribution in [2.24, 2.45) is 0 Å². The number of phenolic OH excluding ortho intramolecular Hbond substituents is 1. The Bertz CT molecular complexity index is 792. The maximum absolute atomic E-state index is 12.9. The molecule has 2 rings (SSSR count). The molecule has 1 atom stereocenters. The smallest absolute Gasteiger partial charge is 0.436 e. The summed E-state index contributed by atoms with van der Waals surface area (Å²) in [5.74, 6) is -0.867. The van der Waals surface area contributed by atoms with E-state index < -0.39 is 23.8 Å². The highest BCUT2D eigenvalue weighted by Crippen LogP contribution is 2.36. The summed E-state index contributed by atoms with van der Waals surface area (Å²) >= 11 is 8.63. The van der Waals surface area contributed by atoms with Crippen LogP contribution in [0, 0.1) is 6.92 Å². The van der Waals surface area contributed by atoms with Crippen LogP contribution in [0.2, 0.25) is 5.02 Å². The minimum absolute atomic E-state index is 0.0549. The number of nitrogens with zero attached hydrogens (tertiary/aromatic N) is 2. The number of phenols is 1. The van der Waals surface area contributed by atoms with Gasteiger partial charge in [0.25, 0.3) is 0 Å². The fourth-order valence-corrected chi connectivity index (χ4v) is 2.67. The predicted molar refractivity (Wildman–Crippen MR) is 86.1 cm³/mol. The minimum atomic E-state index is -4.64. The monoisotopic (exact) mass is 425 g/mol. The largest absolute Gasteiger partial charge is 0.506 e. The third kappa shape index (κ3) is 3.67. The number of nitrogens with one attached hydrogen (secondary N) is 1. The third-order valence-corrected chi connectivity index (χ3v) is 4.49. The Kier molecular flexibility index (Phi) is 5.14. The van der Waals surface area contributed by atoms with E-state index in [9.17, 15) is 23.1 Å². The molecule has 0 aliphatic rings. The summed E-state index contributed by atoms with van der Waals surface area (Å²) in [5.41, 5.74) is -0.898. The topological polar surface area (TPSA) is 67.2 Å². The summed E-state index contributed by atoms with van der Waals surface area (Å²) in [6.45, 7) is 2.80. The maximum atomic E-state index is 12.9. The molecule has 1 heterocycles. The first-order valence-corrected chi connectivity index (χ1v) is 7.80. The van der Waals surface area contributed by atoms with Gasteiger partial charge in [0, 0.05) is 5.02 Å². The Hall–Kier alpha value is -1.74. The molecule has 1 amide bonds. The average molecular weight is 427 g/mol. The van der Waals surface area contributed by atoms with E-state index in [4.69, 9.17) is 11.6 Å². The van der Waals surface area contributed by atoms with Crippen molar-refractivity contribution >= 4 is 39.1 Å². The van der Waals surface area contributed by atoms with Crippen LogP contribution >= 0.6 is 27.5 Å². The zero-order valence-corrected chi connectivity index (χ0v) is 14.8. The summed E-state index contributed by atoms with van der Waals surface area (Å²) in [6, 6.07) is 3.00. The van der Waals surface area contributed by atoms with Gasteiger partial charge in [-0.15, -0.1) is 0 Å². The second kappa shape index (κ2) is 6.64. The Morgan fingerprint density at radius 1 is 1.46 bits per heavy atom. The fourth-order valence-electron chi connectivity index (χ4n) is 2.01. The van der Waals surface area contributed by atoms with Gasteiger partial charge in [-0.2, -0.15) is 18.3 Å². The Morgan fingerprint density at radius 3 is 2.62 bits per heavy atom. The first-order valence-electron chi connectivity index (χ1n) is 6.63. The molecule has 0 radical (unpaired) electrons. The van der Waals surface area contributed by atoms with Crippen molar-refractivity contribution in [3.05, 3.63) is 39.1 Å². The van der Waals surface area contributed by atoms with Gasteiger partial charge < -0.3 is 10.4 Å². The van der Waals surface area contributed by atoms with Crippen LogP contribution in [0.25, 0.3) is 0 Å². The molecule has 0 fully saturated rings. The van der Waals surface area contributed by atoms with E-state index in [1.54, 1.807) is 0 Å². The number of anilines is 1. The number of hydrogen-bond acceptors (Lipinski definition) is 3. The van der Waals surface area contributed by atoms with Gasteiger partial charge in [0.1, 0.15) is 11.8 Å². The Balaban J connectivity index is 2.30. The molecule has 10 heteroatoms. The van der Waals surface area contributed by atoms with Gasteiger partial charge in [-0.05, 0) is 48.0 Å². The zero-order chi connectivity index (χ0) is 18.2.